The molecule has 1 aromatic heterocycles. The molecule has 2 fully saturated rings. The Labute approximate surface area is 377 Å². The van der Waals surface area contributed by atoms with Crippen LogP contribution in [0.5, 0.6) is 5.75 Å². The number of esters is 1. The van der Waals surface area contributed by atoms with Crippen LogP contribution in [-0.4, -0.2) is 94.9 Å². The second-order valence-electron chi connectivity index (χ2n) is 14.9. The number of thiazole rings is 1. The monoisotopic (exact) mass is 899 g/mol. The van der Waals surface area contributed by atoms with Gasteiger partial charge in [-0.15, -0.1) is 23.1 Å². The van der Waals surface area contributed by atoms with Crippen molar-refractivity contribution in [1.29, 1.82) is 0 Å². The van der Waals surface area contributed by atoms with E-state index in [9.17, 15) is 19.2 Å². The molecule has 1 unspecified atom stereocenters. The number of oxime groups is 1. The van der Waals surface area contributed by atoms with Gasteiger partial charge >= 0.3 is 5.97 Å². The Balaban J connectivity index is 1.02. The van der Waals surface area contributed by atoms with E-state index in [-0.39, 0.29) is 36.4 Å². The Hall–Kier alpha value is -6.79. The number of allylic oxidation sites excluding steroid dienone is 1. The fourth-order valence-corrected chi connectivity index (χ4v) is 9.87. The van der Waals surface area contributed by atoms with Crippen LogP contribution < -0.4 is 21.1 Å². The average Bonchev–Trinajstić information content (AvgIpc) is 3.99. The van der Waals surface area contributed by atoms with Crippen LogP contribution in [0.4, 0.5) is 5.13 Å². The first-order chi connectivity index (χ1) is 31.2. The molecule has 0 spiro atoms. The number of nitrogens with one attached hydrogen (secondary N) is 2. The summed E-state index contributed by atoms with van der Waals surface area (Å²) >= 11 is 2.68. The highest BCUT2D eigenvalue weighted by molar-refractivity contribution is 8.00. The number of primary amides is 1. The Morgan fingerprint density at radius 2 is 1.58 bits per heavy atom. The molecule has 3 aliphatic rings. The fraction of sp³-hybridized carbons (Fsp3) is 0.234. The minimum Gasteiger partial charge on any atom is -0.497 e. The predicted molar refractivity (Wildman–Crippen MR) is 243 cm³/mol. The van der Waals surface area contributed by atoms with Crippen molar-refractivity contribution < 1.29 is 38.3 Å². The molecular formula is C47H45N7O8S2. The maximum atomic E-state index is 14.1. The molecule has 3 amide bonds. The van der Waals surface area contributed by atoms with E-state index in [1.165, 1.54) is 40.2 Å². The number of anilines is 1. The number of hydrogen-bond acceptors (Lipinski definition) is 14. The minimum absolute atomic E-state index is 0.0440. The van der Waals surface area contributed by atoms with Gasteiger partial charge in [0.25, 0.3) is 11.8 Å². The van der Waals surface area contributed by atoms with E-state index in [1.807, 2.05) is 54.6 Å². The standard InChI is InChI=1S/C47H45N7O8S2/c1-59-35-21-18-30(19-22-35)27-61-45(58)41-31(20-23-36-24-25-53(62-36)26-38(48)55)28-63-44-40(43(57)54(41)44)50-42(56)39(52-60-2)37-29-64-46(49-37)51-47(32-12-6-3-7-13-32,33-14-8-4-9-15-33)34-16-10-5-11-17-34/h3-23,29,36,40,44H,24-28H2,1-2H3,(H2,48,55)(H,49,51)(H,50,56)/b23-20+,52-39-/t36?,40-,44-/m1/s1. The molecule has 8 rings (SSSR count). The van der Waals surface area contributed by atoms with Crippen LogP contribution >= 0.6 is 23.1 Å². The van der Waals surface area contributed by atoms with Crippen molar-refractivity contribution in [1.82, 2.24) is 20.3 Å². The van der Waals surface area contributed by atoms with Gasteiger partial charge in [-0.25, -0.2) is 9.78 Å². The minimum atomic E-state index is -1.01. The summed E-state index contributed by atoms with van der Waals surface area (Å²) in [4.78, 5) is 70.7. The quantitative estimate of drug-likeness (QED) is 0.0358. The molecule has 5 aromatic rings. The van der Waals surface area contributed by atoms with Crippen LogP contribution in [0.15, 0.2) is 149 Å². The van der Waals surface area contributed by atoms with Gasteiger partial charge < -0.3 is 30.7 Å². The van der Waals surface area contributed by atoms with Crippen LogP contribution in [0.3, 0.4) is 0 Å². The second kappa shape index (κ2) is 19.7. The molecule has 0 saturated carbocycles. The number of aromatic nitrogens is 1. The number of rotatable bonds is 17. The molecule has 0 aliphatic carbocycles. The van der Waals surface area contributed by atoms with E-state index in [1.54, 1.807) is 48.9 Å². The molecule has 4 aromatic carbocycles. The zero-order chi connectivity index (χ0) is 44.6. The first-order valence-electron chi connectivity index (χ1n) is 20.4. The molecule has 0 bridgehead atoms. The number of carbonyl (C=O) groups excluding carboxylic acids is 4. The normalized spacial score (nSPS) is 18.9. The largest absolute Gasteiger partial charge is 0.497 e. The Bertz CT molecular complexity index is 2470. The van der Waals surface area contributed by atoms with E-state index in [0.717, 1.165) is 22.3 Å². The lowest BCUT2D eigenvalue weighted by molar-refractivity contribution is -0.153. The van der Waals surface area contributed by atoms with Crippen LogP contribution in [-0.2, 0) is 45.7 Å². The zero-order valence-corrected chi connectivity index (χ0v) is 36.6. The van der Waals surface area contributed by atoms with Gasteiger partial charge in [-0.05, 0) is 46.4 Å². The Kier molecular flexibility index (Phi) is 13.5. The number of hydrogen-bond donors (Lipinski definition) is 3. The number of nitrogens with two attached hydrogens (primary N) is 1. The summed E-state index contributed by atoms with van der Waals surface area (Å²) in [7, 11) is 2.89. The van der Waals surface area contributed by atoms with Gasteiger partial charge in [-0.2, -0.15) is 5.06 Å². The van der Waals surface area contributed by atoms with Gasteiger partial charge in [-0.1, -0.05) is 120 Å². The highest BCUT2D eigenvalue weighted by Crippen LogP contribution is 2.43. The predicted octanol–water partition coefficient (Wildman–Crippen LogP) is 5.35. The maximum Gasteiger partial charge on any atom is 0.355 e. The van der Waals surface area contributed by atoms with Crippen molar-refractivity contribution in [2.24, 2.45) is 10.9 Å². The van der Waals surface area contributed by atoms with Crippen LogP contribution in [0.25, 0.3) is 0 Å². The maximum absolute atomic E-state index is 14.1. The van der Waals surface area contributed by atoms with E-state index in [2.05, 4.69) is 52.2 Å². The first kappa shape index (κ1) is 43.8. The van der Waals surface area contributed by atoms with Crippen molar-refractivity contribution in [2.45, 2.75) is 36.1 Å². The highest BCUT2D eigenvalue weighted by Gasteiger charge is 2.54. The van der Waals surface area contributed by atoms with Crippen LogP contribution in [0.2, 0.25) is 0 Å². The van der Waals surface area contributed by atoms with Crippen molar-refractivity contribution in [3.05, 3.63) is 172 Å². The van der Waals surface area contributed by atoms with Gasteiger partial charge in [0.2, 0.25) is 5.91 Å². The molecule has 3 aliphatic heterocycles. The SMILES string of the molecule is CO/N=C(\C(=O)N[C@@H]1C(=O)N2C(C(=O)OCc3ccc(OC)cc3)=C(/C=C/C3CCN(CC(N)=O)O3)CS[C@H]12)c1csc(NC(c2ccccc2)(c2ccccc2)c2ccccc2)n1. The Morgan fingerprint density at radius 3 is 2.17 bits per heavy atom. The van der Waals surface area contributed by atoms with E-state index in [0.29, 0.717) is 35.2 Å². The number of amides is 3. The van der Waals surface area contributed by atoms with Crippen molar-refractivity contribution >= 4 is 57.6 Å². The van der Waals surface area contributed by atoms with Crippen LogP contribution in [0.1, 0.15) is 34.4 Å². The smallest absolute Gasteiger partial charge is 0.355 e. The van der Waals surface area contributed by atoms with Gasteiger partial charge in [0.15, 0.2) is 10.8 Å². The van der Waals surface area contributed by atoms with E-state index < -0.39 is 40.6 Å². The lowest BCUT2D eigenvalue weighted by Crippen LogP contribution is -2.71. The molecule has 15 nitrogen and oxygen atoms in total. The number of nitrogens with zero attached hydrogens (tertiary/aromatic N) is 4. The molecule has 4 N–H and O–H groups in total. The number of carbonyl (C=O) groups is 4. The van der Waals surface area contributed by atoms with Crippen molar-refractivity contribution in [2.75, 3.05) is 38.4 Å². The second-order valence-corrected chi connectivity index (χ2v) is 16.9. The number of β-lactam (4-membered cyclic amide) rings is 1. The average molecular weight is 900 g/mol. The number of thioether (sulfide) groups is 1. The highest BCUT2D eigenvalue weighted by atomic mass is 32.2. The number of fused-ring (bicyclic) bond motifs is 1. The molecule has 64 heavy (non-hydrogen) atoms. The van der Waals surface area contributed by atoms with Gasteiger partial charge in [-0.3, -0.25) is 24.1 Å². The summed E-state index contributed by atoms with van der Waals surface area (Å²) in [5.41, 5.74) is 8.81. The summed E-state index contributed by atoms with van der Waals surface area (Å²) in [5.74, 6) is -1.44. The molecule has 3 atom stereocenters. The first-order valence-corrected chi connectivity index (χ1v) is 22.3. The molecule has 4 heterocycles. The fourth-order valence-electron chi connectivity index (χ4n) is 7.80. The lowest BCUT2D eigenvalue weighted by Gasteiger charge is -2.49. The summed E-state index contributed by atoms with van der Waals surface area (Å²) in [6.45, 7) is 0.402. The topological polar surface area (TPSA) is 187 Å². The third-order valence-corrected chi connectivity index (χ3v) is 12.9. The van der Waals surface area contributed by atoms with Crippen molar-refractivity contribution in [3.63, 3.8) is 0 Å². The summed E-state index contributed by atoms with van der Waals surface area (Å²) in [6.07, 6.45) is 3.74. The lowest BCUT2D eigenvalue weighted by atomic mass is 9.77. The van der Waals surface area contributed by atoms with E-state index >= 15 is 0 Å². The zero-order valence-electron chi connectivity index (χ0n) is 34.9. The number of ether oxygens (including phenoxy) is 2. The number of hydroxylamine groups is 2. The molecule has 17 heteroatoms. The van der Waals surface area contributed by atoms with Crippen molar-refractivity contribution in [3.8, 4) is 5.75 Å². The summed E-state index contributed by atoms with van der Waals surface area (Å²) < 4.78 is 11.0. The third kappa shape index (κ3) is 9.28. The molecule has 328 valence electrons. The van der Waals surface area contributed by atoms with Gasteiger partial charge in [0, 0.05) is 17.7 Å². The summed E-state index contributed by atoms with van der Waals surface area (Å²) in [6, 6.07) is 36.2. The third-order valence-electron chi connectivity index (χ3n) is 10.9. The Morgan fingerprint density at radius 1 is 0.938 bits per heavy atom. The number of methoxy groups -OCH3 is 1. The van der Waals surface area contributed by atoms with Gasteiger partial charge in [0.05, 0.1) is 13.2 Å². The molecule has 0 radical (unpaired) electrons. The van der Waals surface area contributed by atoms with E-state index in [4.69, 9.17) is 29.9 Å². The molecular weight excluding hydrogens is 855 g/mol. The van der Waals surface area contributed by atoms with Gasteiger partial charge in [0.1, 0.15) is 54.4 Å². The van der Waals surface area contributed by atoms with Crippen LogP contribution in [0, 0.1) is 0 Å². The summed E-state index contributed by atoms with van der Waals surface area (Å²) in [5, 5.41) is 13.7. The number of benzene rings is 4. The molecule has 2 saturated heterocycles.